The number of aromatic nitrogens is 3. The van der Waals surface area contributed by atoms with Crippen LogP contribution in [0, 0.1) is 17.5 Å². The van der Waals surface area contributed by atoms with Gasteiger partial charge in [0, 0.05) is 23.4 Å². The minimum atomic E-state index is -5.14. The standard InChI is InChI=1S/C29H21F8N5O2/c1-2-18-25(27(33)34)42(41-26(18)29(35,36)37)13-23(43)40-22(10-14-8-16(30)12-17(31)9-14)24-19(4-3-7-39-24)15-5-6-21(32)20(11-15)28(38)44/h2-9,11-12,22,27H,1,10,13H2,(H2,38,44)(H,40,43)/t22-/m0/s1. The summed E-state index contributed by atoms with van der Waals surface area (Å²) in [4.78, 5) is 29.2. The highest BCUT2D eigenvalue weighted by molar-refractivity contribution is 5.94. The molecule has 2 aromatic carbocycles. The predicted molar refractivity (Wildman–Crippen MR) is 141 cm³/mol. The third-order valence-electron chi connectivity index (χ3n) is 6.41. The van der Waals surface area contributed by atoms with Crippen molar-refractivity contribution < 1.29 is 44.7 Å². The maximum Gasteiger partial charge on any atom is 0.435 e. The van der Waals surface area contributed by atoms with E-state index in [-0.39, 0.29) is 33.5 Å². The quantitative estimate of drug-likeness (QED) is 0.207. The van der Waals surface area contributed by atoms with Gasteiger partial charge in [-0.2, -0.15) is 18.3 Å². The fraction of sp³-hybridized carbons (Fsp3) is 0.172. The molecule has 2 aromatic heterocycles. The van der Waals surface area contributed by atoms with E-state index in [0.717, 1.165) is 24.3 Å². The number of hydrogen-bond acceptors (Lipinski definition) is 4. The van der Waals surface area contributed by atoms with Crippen LogP contribution in [0.3, 0.4) is 0 Å². The van der Waals surface area contributed by atoms with Gasteiger partial charge in [0.1, 0.15) is 29.7 Å². The summed E-state index contributed by atoms with van der Waals surface area (Å²) in [5, 5.41) is 5.64. The van der Waals surface area contributed by atoms with Crippen LogP contribution in [0.2, 0.25) is 0 Å². The molecule has 0 aliphatic heterocycles. The molecular weight excluding hydrogens is 602 g/mol. The Labute approximate surface area is 244 Å². The molecule has 0 spiro atoms. The van der Waals surface area contributed by atoms with Gasteiger partial charge >= 0.3 is 6.18 Å². The molecule has 4 aromatic rings. The highest BCUT2D eigenvalue weighted by Gasteiger charge is 2.40. The summed E-state index contributed by atoms with van der Waals surface area (Å²) in [6.07, 6.45) is -7.11. The number of primary amides is 1. The van der Waals surface area contributed by atoms with Crippen LogP contribution in [0.4, 0.5) is 35.1 Å². The van der Waals surface area contributed by atoms with Gasteiger partial charge in [0.25, 0.3) is 12.3 Å². The number of amides is 2. The molecule has 0 fully saturated rings. The number of carbonyl (C=O) groups is 2. The smallest absolute Gasteiger partial charge is 0.366 e. The Kier molecular flexibility index (Phi) is 9.16. The molecule has 230 valence electrons. The average Bonchev–Trinajstić information content (AvgIpc) is 3.31. The first-order valence-corrected chi connectivity index (χ1v) is 12.6. The number of nitrogens with one attached hydrogen (secondary N) is 1. The van der Waals surface area contributed by atoms with Crippen molar-refractivity contribution in [2.24, 2.45) is 5.73 Å². The molecular formula is C29H21F8N5O2. The zero-order valence-electron chi connectivity index (χ0n) is 22.3. The van der Waals surface area contributed by atoms with Gasteiger partial charge in [0.05, 0.1) is 17.3 Å². The number of nitrogens with two attached hydrogens (primary N) is 1. The second-order valence-electron chi connectivity index (χ2n) is 9.40. The molecule has 0 bridgehead atoms. The van der Waals surface area contributed by atoms with Crippen LogP contribution in [0.15, 0.2) is 61.3 Å². The lowest BCUT2D eigenvalue weighted by Gasteiger charge is -2.22. The van der Waals surface area contributed by atoms with E-state index in [0.29, 0.717) is 12.1 Å². The minimum Gasteiger partial charge on any atom is -0.366 e. The first-order valence-electron chi connectivity index (χ1n) is 12.6. The highest BCUT2D eigenvalue weighted by Crippen LogP contribution is 2.37. The Morgan fingerprint density at radius 2 is 1.73 bits per heavy atom. The minimum absolute atomic E-state index is 0.0157. The lowest BCUT2D eigenvalue weighted by atomic mass is 9.94. The second-order valence-corrected chi connectivity index (χ2v) is 9.40. The van der Waals surface area contributed by atoms with Gasteiger partial charge in [0.2, 0.25) is 5.91 Å². The topological polar surface area (TPSA) is 103 Å². The third-order valence-corrected chi connectivity index (χ3v) is 6.41. The monoisotopic (exact) mass is 623 g/mol. The van der Waals surface area contributed by atoms with E-state index in [2.05, 4.69) is 22.0 Å². The first kappa shape index (κ1) is 31.8. The largest absolute Gasteiger partial charge is 0.435 e. The van der Waals surface area contributed by atoms with E-state index in [1.165, 1.54) is 24.4 Å². The van der Waals surface area contributed by atoms with Crippen molar-refractivity contribution in [2.75, 3.05) is 0 Å². The molecule has 0 saturated carbocycles. The Hall–Kier alpha value is -5.08. The van der Waals surface area contributed by atoms with Crippen LogP contribution in [0.5, 0.6) is 0 Å². The summed E-state index contributed by atoms with van der Waals surface area (Å²) in [6, 6.07) is 7.52. The van der Waals surface area contributed by atoms with Crippen molar-refractivity contribution in [1.82, 2.24) is 20.1 Å². The summed E-state index contributed by atoms with van der Waals surface area (Å²) >= 11 is 0. The van der Waals surface area contributed by atoms with E-state index < -0.39 is 77.0 Å². The van der Waals surface area contributed by atoms with Crippen molar-refractivity contribution in [3.05, 3.63) is 113 Å². The molecule has 0 aliphatic carbocycles. The normalized spacial score (nSPS) is 12.3. The van der Waals surface area contributed by atoms with E-state index >= 15 is 0 Å². The molecule has 0 radical (unpaired) electrons. The molecule has 44 heavy (non-hydrogen) atoms. The van der Waals surface area contributed by atoms with E-state index in [1.807, 2.05) is 0 Å². The summed E-state index contributed by atoms with van der Waals surface area (Å²) in [5.74, 6) is -5.02. The van der Waals surface area contributed by atoms with E-state index in [1.54, 1.807) is 0 Å². The number of benzene rings is 2. The summed E-state index contributed by atoms with van der Waals surface area (Å²) in [7, 11) is 0. The molecule has 0 saturated heterocycles. The van der Waals surface area contributed by atoms with Crippen LogP contribution in [0.1, 0.15) is 51.0 Å². The molecule has 1 atom stereocenters. The first-order chi connectivity index (χ1) is 20.7. The SMILES string of the molecule is C=Cc1c(C(F)(F)F)nn(CC(=O)N[C@@H](Cc2cc(F)cc(F)c2)c2ncccc2-c2ccc(F)c(C(N)=O)c2)c1C(F)F. The van der Waals surface area contributed by atoms with Crippen LogP contribution < -0.4 is 11.1 Å². The molecule has 2 amide bonds. The third kappa shape index (κ3) is 6.93. The van der Waals surface area contributed by atoms with Crippen molar-refractivity contribution >= 4 is 17.9 Å². The van der Waals surface area contributed by atoms with Gasteiger partial charge in [-0.05, 0) is 47.9 Å². The Bertz CT molecular complexity index is 1720. The van der Waals surface area contributed by atoms with Crippen molar-refractivity contribution in [1.29, 1.82) is 0 Å². The van der Waals surface area contributed by atoms with E-state index in [4.69, 9.17) is 5.73 Å². The Morgan fingerprint density at radius 1 is 1.05 bits per heavy atom. The van der Waals surface area contributed by atoms with Gasteiger partial charge in [0.15, 0.2) is 5.69 Å². The van der Waals surface area contributed by atoms with Gasteiger partial charge in [-0.15, -0.1) is 0 Å². The van der Waals surface area contributed by atoms with E-state index in [9.17, 15) is 44.7 Å². The fourth-order valence-corrected chi connectivity index (χ4v) is 4.63. The zero-order valence-corrected chi connectivity index (χ0v) is 22.3. The highest BCUT2D eigenvalue weighted by atomic mass is 19.4. The van der Waals surface area contributed by atoms with Crippen LogP contribution in [-0.2, 0) is 23.9 Å². The van der Waals surface area contributed by atoms with Crippen LogP contribution in [-0.4, -0.2) is 26.6 Å². The molecule has 3 N–H and O–H groups in total. The maximum atomic E-state index is 14.2. The summed E-state index contributed by atoms with van der Waals surface area (Å²) < 4.78 is 111. The van der Waals surface area contributed by atoms with Crippen LogP contribution in [0.25, 0.3) is 17.2 Å². The number of carbonyl (C=O) groups excluding carboxylic acids is 2. The molecule has 0 aliphatic rings. The fourth-order valence-electron chi connectivity index (χ4n) is 4.63. The molecule has 0 unspecified atom stereocenters. The summed E-state index contributed by atoms with van der Waals surface area (Å²) in [6.45, 7) is 2.03. The van der Waals surface area contributed by atoms with Crippen molar-refractivity contribution in [3.63, 3.8) is 0 Å². The van der Waals surface area contributed by atoms with Gasteiger partial charge in [-0.1, -0.05) is 24.8 Å². The lowest BCUT2D eigenvalue weighted by Crippen LogP contribution is -2.34. The second kappa shape index (κ2) is 12.7. The molecule has 15 heteroatoms. The molecule has 4 rings (SSSR count). The average molecular weight is 624 g/mol. The number of pyridine rings is 1. The lowest BCUT2D eigenvalue weighted by molar-refractivity contribution is -0.142. The van der Waals surface area contributed by atoms with Crippen molar-refractivity contribution in [2.45, 2.75) is 31.6 Å². The molecule has 7 nitrogen and oxygen atoms in total. The summed E-state index contributed by atoms with van der Waals surface area (Å²) in [5.41, 5.74) is 1.35. The van der Waals surface area contributed by atoms with Gasteiger partial charge in [-0.3, -0.25) is 19.3 Å². The Morgan fingerprint density at radius 3 is 2.32 bits per heavy atom. The number of hydrogen-bond donors (Lipinski definition) is 2. The van der Waals surface area contributed by atoms with Gasteiger partial charge < -0.3 is 11.1 Å². The molecule has 2 heterocycles. The number of nitrogens with zero attached hydrogens (tertiary/aromatic N) is 3. The van der Waals surface area contributed by atoms with Crippen LogP contribution >= 0.6 is 0 Å². The Balaban J connectivity index is 1.78. The van der Waals surface area contributed by atoms with Crippen molar-refractivity contribution in [3.8, 4) is 11.1 Å². The zero-order chi connectivity index (χ0) is 32.3. The van der Waals surface area contributed by atoms with Gasteiger partial charge in [-0.25, -0.2) is 22.0 Å². The maximum absolute atomic E-state index is 14.2. The number of alkyl halides is 5. The number of halogens is 8. The predicted octanol–water partition coefficient (Wildman–Crippen LogP) is 6.16. The number of rotatable bonds is 10.